The van der Waals surface area contributed by atoms with Gasteiger partial charge in [-0.1, -0.05) is 93.6 Å². The molecule has 0 aromatic heterocycles. The summed E-state index contributed by atoms with van der Waals surface area (Å²) in [6.07, 6.45) is 9.55. The summed E-state index contributed by atoms with van der Waals surface area (Å²) in [5.41, 5.74) is 3.24. The lowest BCUT2D eigenvalue weighted by atomic mass is 10.00. The van der Waals surface area contributed by atoms with E-state index in [9.17, 15) is 4.79 Å². The smallest absolute Gasteiger partial charge is 0.167 e. The second-order valence-electron chi connectivity index (χ2n) is 6.30. The predicted molar refractivity (Wildman–Crippen MR) is 98.0 cm³/mol. The number of benzene rings is 2. The van der Waals surface area contributed by atoms with Gasteiger partial charge in [-0.2, -0.15) is 0 Å². The van der Waals surface area contributed by atoms with E-state index in [-0.39, 0.29) is 5.78 Å². The quantitative estimate of drug-likeness (QED) is 0.388. The van der Waals surface area contributed by atoms with Gasteiger partial charge in [-0.25, -0.2) is 0 Å². The largest absolute Gasteiger partial charge is 0.294 e. The van der Waals surface area contributed by atoms with Crippen LogP contribution in [-0.4, -0.2) is 5.78 Å². The highest BCUT2D eigenvalue weighted by Crippen LogP contribution is 2.13. The van der Waals surface area contributed by atoms with Crippen molar-refractivity contribution in [3.63, 3.8) is 0 Å². The molecule has 2 aromatic rings. The van der Waals surface area contributed by atoms with Crippen molar-refractivity contribution < 1.29 is 4.79 Å². The molecule has 0 fully saturated rings. The van der Waals surface area contributed by atoms with Gasteiger partial charge in [0.15, 0.2) is 5.78 Å². The monoisotopic (exact) mass is 308 g/mol. The average Bonchev–Trinajstić information content (AvgIpc) is 2.59. The van der Waals surface area contributed by atoms with Gasteiger partial charge in [-0.3, -0.25) is 4.79 Å². The molecule has 0 heterocycles. The molecule has 0 bridgehead atoms. The van der Waals surface area contributed by atoms with Crippen molar-refractivity contribution in [2.75, 3.05) is 0 Å². The summed E-state index contributed by atoms with van der Waals surface area (Å²) in [5, 5.41) is 0. The SMILES string of the molecule is CCCCCCCCc1ccc(C(=O)Cc2ccccc2)cc1. The zero-order valence-electron chi connectivity index (χ0n) is 14.3. The van der Waals surface area contributed by atoms with E-state index in [0.29, 0.717) is 6.42 Å². The van der Waals surface area contributed by atoms with Crippen molar-refractivity contribution in [3.8, 4) is 0 Å². The summed E-state index contributed by atoms with van der Waals surface area (Å²) in [4.78, 5) is 12.3. The van der Waals surface area contributed by atoms with Crippen LogP contribution >= 0.6 is 0 Å². The van der Waals surface area contributed by atoms with Gasteiger partial charge in [-0.15, -0.1) is 0 Å². The molecule has 0 amide bonds. The van der Waals surface area contributed by atoms with Gasteiger partial charge in [0.2, 0.25) is 0 Å². The molecule has 1 nitrogen and oxygen atoms in total. The molecular weight excluding hydrogens is 280 g/mol. The van der Waals surface area contributed by atoms with E-state index in [1.807, 2.05) is 42.5 Å². The van der Waals surface area contributed by atoms with E-state index in [2.05, 4.69) is 19.1 Å². The van der Waals surface area contributed by atoms with Gasteiger partial charge in [0, 0.05) is 12.0 Å². The second kappa shape index (κ2) is 9.99. The summed E-state index contributed by atoms with van der Waals surface area (Å²) in [7, 11) is 0. The topological polar surface area (TPSA) is 17.1 Å². The maximum absolute atomic E-state index is 12.3. The molecule has 23 heavy (non-hydrogen) atoms. The van der Waals surface area contributed by atoms with E-state index < -0.39 is 0 Å². The molecule has 2 aromatic carbocycles. The standard InChI is InChI=1S/C22H28O/c1-2-3-4-5-6-8-11-19-14-16-21(17-15-19)22(23)18-20-12-9-7-10-13-20/h7,9-10,12-17H,2-6,8,11,18H2,1H3. The minimum absolute atomic E-state index is 0.197. The Morgan fingerprint density at radius 3 is 2.09 bits per heavy atom. The van der Waals surface area contributed by atoms with Crippen LogP contribution in [0.5, 0.6) is 0 Å². The summed E-state index contributed by atoms with van der Waals surface area (Å²) in [6, 6.07) is 18.1. The molecule has 0 spiro atoms. The maximum Gasteiger partial charge on any atom is 0.167 e. The molecule has 122 valence electrons. The van der Waals surface area contributed by atoms with Crippen molar-refractivity contribution in [3.05, 3.63) is 71.3 Å². The first-order valence-corrected chi connectivity index (χ1v) is 8.95. The van der Waals surface area contributed by atoms with Crippen LogP contribution < -0.4 is 0 Å². The van der Waals surface area contributed by atoms with Crippen LogP contribution in [0.3, 0.4) is 0 Å². The molecule has 0 aliphatic heterocycles. The first-order valence-electron chi connectivity index (χ1n) is 8.95. The van der Waals surface area contributed by atoms with Gasteiger partial charge < -0.3 is 0 Å². The van der Waals surface area contributed by atoms with Crippen molar-refractivity contribution in [1.29, 1.82) is 0 Å². The summed E-state index contributed by atoms with van der Waals surface area (Å²) in [6.45, 7) is 2.25. The Labute approximate surface area is 140 Å². The van der Waals surface area contributed by atoms with Crippen LogP contribution in [0.25, 0.3) is 0 Å². The van der Waals surface area contributed by atoms with Crippen molar-refractivity contribution >= 4 is 5.78 Å². The van der Waals surface area contributed by atoms with Gasteiger partial charge in [-0.05, 0) is 24.0 Å². The number of hydrogen-bond acceptors (Lipinski definition) is 1. The summed E-state index contributed by atoms with van der Waals surface area (Å²) >= 11 is 0. The van der Waals surface area contributed by atoms with E-state index in [1.165, 1.54) is 44.1 Å². The molecule has 1 heteroatoms. The highest BCUT2D eigenvalue weighted by Gasteiger charge is 2.06. The highest BCUT2D eigenvalue weighted by molar-refractivity contribution is 5.97. The average molecular weight is 308 g/mol. The van der Waals surface area contributed by atoms with Crippen molar-refractivity contribution in [1.82, 2.24) is 0 Å². The zero-order chi connectivity index (χ0) is 16.3. The number of unbranched alkanes of at least 4 members (excludes halogenated alkanes) is 5. The first kappa shape index (κ1) is 17.5. The highest BCUT2D eigenvalue weighted by atomic mass is 16.1. The molecule has 0 atom stereocenters. The van der Waals surface area contributed by atoms with Crippen molar-refractivity contribution in [2.24, 2.45) is 0 Å². The zero-order valence-corrected chi connectivity index (χ0v) is 14.3. The predicted octanol–water partition coefficient (Wildman–Crippen LogP) is 6.02. The van der Waals surface area contributed by atoms with Gasteiger partial charge in [0.05, 0.1) is 0 Å². The van der Waals surface area contributed by atoms with E-state index in [0.717, 1.165) is 17.5 Å². The van der Waals surface area contributed by atoms with Crippen LogP contribution in [0.1, 0.15) is 66.9 Å². The molecule has 0 saturated heterocycles. The third kappa shape index (κ3) is 6.40. The van der Waals surface area contributed by atoms with Crippen LogP contribution in [0.2, 0.25) is 0 Å². The number of Topliss-reactive ketones (excluding diaryl/α,β-unsaturated/α-hetero) is 1. The molecule has 0 aliphatic rings. The lowest BCUT2D eigenvalue weighted by molar-refractivity contribution is 0.0993. The van der Waals surface area contributed by atoms with Crippen LogP contribution in [0.15, 0.2) is 54.6 Å². The number of ketones is 1. The Kier molecular flexibility index (Phi) is 7.59. The lowest BCUT2D eigenvalue weighted by Gasteiger charge is -2.05. The third-order valence-electron chi connectivity index (χ3n) is 4.30. The van der Waals surface area contributed by atoms with E-state index >= 15 is 0 Å². The molecule has 0 unspecified atom stereocenters. The summed E-state index contributed by atoms with van der Waals surface area (Å²) < 4.78 is 0. The number of hydrogen-bond donors (Lipinski definition) is 0. The molecular formula is C22H28O. The van der Waals surface area contributed by atoms with Crippen LogP contribution in [0, 0.1) is 0 Å². The van der Waals surface area contributed by atoms with E-state index in [1.54, 1.807) is 0 Å². The fourth-order valence-electron chi connectivity index (χ4n) is 2.85. The van der Waals surface area contributed by atoms with Gasteiger partial charge >= 0.3 is 0 Å². The lowest BCUT2D eigenvalue weighted by Crippen LogP contribution is -2.03. The number of aryl methyl sites for hydroxylation is 1. The Balaban J connectivity index is 1.76. The Morgan fingerprint density at radius 1 is 0.739 bits per heavy atom. The maximum atomic E-state index is 12.3. The fourth-order valence-corrected chi connectivity index (χ4v) is 2.85. The normalized spacial score (nSPS) is 10.7. The number of rotatable bonds is 10. The van der Waals surface area contributed by atoms with Gasteiger partial charge in [0.1, 0.15) is 0 Å². The molecule has 2 rings (SSSR count). The Morgan fingerprint density at radius 2 is 1.39 bits per heavy atom. The fraction of sp³-hybridized carbons (Fsp3) is 0.409. The molecule has 0 aliphatic carbocycles. The minimum atomic E-state index is 0.197. The minimum Gasteiger partial charge on any atom is -0.294 e. The Hall–Kier alpha value is -1.89. The number of carbonyl (C=O) groups excluding carboxylic acids is 1. The summed E-state index contributed by atoms with van der Waals surface area (Å²) in [5.74, 6) is 0.197. The second-order valence-corrected chi connectivity index (χ2v) is 6.30. The molecule has 0 saturated carbocycles. The van der Waals surface area contributed by atoms with E-state index in [4.69, 9.17) is 0 Å². The van der Waals surface area contributed by atoms with Crippen molar-refractivity contribution in [2.45, 2.75) is 58.3 Å². The first-order chi connectivity index (χ1) is 11.3. The van der Waals surface area contributed by atoms with Gasteiger partial charge in [0.25, 0.3) is 0 Å². The molecule has 0 N–H and O–H groups in total. The number of carbonyl (C=O) groups is 1. The van der Waals surface area contributed by atoms with Crippen LogP contribution in [-0.2, 0) is 12.8 Å². The Bertz CT molecular complexity index is 569. The third-order valence-corrected chi connectivity index (χ3v) is 4.30. The van der Waals surface area contributed by atoms with Crippen LogP contribution in [0.4, 0.5) is 0 Å². The molecule has 0 radical (unpaired) electrons.